The first-order chi connectivity index (χ1) is 8.26. The summed E-state index contributed by atoms with van der Waals surface area (Å²) >= 11 is 0. The van der Waals surface area contributed by atoms with Gasteiger partial charge in [-0.1, -0.05) is 0 Å². The highest BCUT2D eigenvalue weighted by Gasteiger charge is 2.17. The number of ether oxygens (including phenoxy) is 2. The molecule has 0 spiro atoms. The molecule has 0 aliphatic rings. The molecule has 0 aliphatic carbocycles. The zero-order valence-corrected chi connectivity index (χ0v) is 9.83. The van der Waals surface area contributed by atoms with Crippen LogP contribution in [-0.4, -0.2) is 32.8 Å². The van der Waals surface area contributed by atoms with E-state index >= 15 is 0 Å². The molecule has 0 amide bonds. The second-order valence-corrected chi connectivity index (χ2v) is 3.29. The lowest BCUT2D eigenvalue weighted by atomic mass is 10.5. The van der Waals surface area contributed by atoms with E-state index in [1.165, 1.54) is 0 Å². The van der Waals surface area contributed by atoms with Crippen LogP contribution in [0.5, 0.6) is 0 Å². The molecule has 0 fully saturated rings. The molecule has 2 rings (SSSR count). The van der Waals surface area contributed by atoms with E-state index in [9.17, 15) is 0 Å². The zero-order valence-electron chi connectivity index (χ0n) is 9.83. The first-order valence-corrected chi connectivity index (χ1v) is 5.46. The first kappa shape index (κ1) is 11.7. The number of hydrogen-bond acceptors (Lipinski definition) is 6. The van der Waals surface area contributed by atoms with Gasteiger partial charge in [-0.3, -0.25) is 0 Å². The van der Waals surface area contributed by atoms with Crippen LogP contribution in [0.25, 0.3) is 5.65 Å². The normalized spacial score (nSPS) is 11.5. The van der Waals surface area contributed by atoms with Crippen LogP contribution in [0.15, 0.2) is 12.4 Å². The van der Waals surface area contributed by atoms with Crippen LogP contribution in [0.2, 0.25) is 0 Å². The summed E-state index contributed by atoms with van der Waals surface area (Å²) in [5.74, 6) is 0.709. The molecule has 0 saturated heterocycles. The second kappa shape index (κ2) is 5.07. The minimum atomic E-state index is -0.598. The summed E-state index contributed by atoms with van der Waals surface area (Å²) in [7, 11) is 0. The summed E-state index contributed by atoms with van der Waals surface area (Å²) in [4.78, 5) is 8.19. The Morgan fingerprint density at radius 2 is 2.06 bits per heavy atom. The highest BCUT2D eigenvalue weighted by Crippen LogP contribution is 2.17. The monoisotopic (exact) mass is 237 g/mol. The molecule has 2 aromatic heterocycles. The number of nitrogens with two attached hydrogens (primary N) is 1. The highest BCUT2D eigenvalue weighted by molar-refractivity contribution is 5.58. The third-order valence-corrected chi connectivity index (χ3v) is 2.14. The van der Waals surface area contributed by atoms with Gasteiger partial charge in [0.1, 0.15) is 0 Å². The summed E-state index contributed by atoms with van der Waals surface area (Å²) in [6, 6.07) is 0. The van der Waals surface area contributed by atoms with Crippen LogP contribution in [0.3, 0.4) is 0 Å². The Morgan fingerprint density at radius 3 is 2.71 bits per heavy atom. The van der Waals surface area contributed by atoms with Crippen LogP contribution in [0.4, 0.5) is 5.82 Å². The second-order valence-electron chi connectivity index (χ2n) is 3.29. The third-order valence-electron chi connectivity index (χ3n) is 2.14. The van der Waals surface area contributed by atoms with E-state index in [1.807, 2.05) is 13.8 Å². The van der Waals surface area contributed by atoms with Gasteiger partial charge in [0.25, 0.3) is 0 Å². The molecule has 2 N–H and O–H groups in total. The van der Waals surface area contributed by atoms with Gasteiger partial charge in [-0.25, -0.2) is 14.5 Å². The van der Waals surface area contributed by atoms with Crippen molar-refractivity contribution in [2.75, 3.05) is 18.9 Å². The number of nitrogen functional groups attached to an aromatic ring is 1. The van der Waals surface area contributed by atoms with Gasteiger partial charge in [-0.15, -0.1) is 5.10 Å². The van der Waals surface area contributed by atoms with Gasteiger partial charge in [0, 0.05) is 25.6 Å². The average Bonchev–Trinajstić information content (AvgIpc) is 2.77. The molecule has 17 heavy (non-hydrogen) atoms. The largest absolute Gasteiger partial charge is 0.380 e. The van der Waals surface area contributed by atoms with Crippen molar-refractivity contribution in [1.29, 1.82) is 0 Å². The Kier molecular flexibility index (Phi) is 3.50. The van der Waals surface area contributed by atoms with Crippen LogP contribution in [-0.2, 0) is 9.47 Å². The van der Waals surface area contributed by atoms with Gasteiger partial charge in [-0.2, -0.15) is 0 Å². The molecule has 2 heterocycles. The molecular weight excluding hydrogens is 222 g/mol. The Bertz CT molecular complexity index is 492. The van der Waals surface area contributed by atoms with Crippen molar-refractivity contribution in [3.05, 3.63) is 18.2 Å². The molecule has 0 saturated carbocycles. The van der Waals surface area contributed by atoms with Crippen molar-refractivity contribution in [3.8, 4) is 0 Å². The molecule has 0 bridgehead atoms. The van der Waals surface area contributed by atoms with Gasteiger partial charge >= 0.3 is 0 Å². The molecule has 0 aliphatic heterocycles. The molecule has 0 radical (unpaired) electrons. The maximum Gasteiger partial charge on any atom is 0.221 e. The molecule has 7 nitrogen and oxygen atoms in total. The van der Waals surface area contributed by atoms with Crippen LogP contribution in [0, 0.1) is 0 Å². The third kappa shape index (κ3) is 2.34. The highest BCUT2D eigenvalue weighted by atomic mass is 16.7. The van der Waals surface area contributed by atoms with Gasteiger partial charge in [-0.05, 0) is 13.8 Å². The van der Waals surface area contributed by atoms with E-state index < -0.39 is 6.29 Å². The minimum Gasteiger partial charge on any atom is -0.380 e. The Morgan fingerprint density at radius 1 is 1.35 bits per heavy atom. The number of rotatable bonds is 5. The summed E-state index contributed by atoms with van der Waals surface area (Å²) in [6.07, 6.45) is 2.71. The summed E-state index contributed by atoms with van der Waals surface area (Å²) in [6.45, 7) is 4.78. The van der Waals surface area contributed by atoms with E-state index in [-0.39, 0.29) is 0 Å². The maximum atomic E-state index is 5.79. The van der Waals surface area contributed by atoms with E-state index in [2.05, 4.69) is 15.1 Å². The SMILES string of the molecule is CCOC(OCC)c1nc(N)c2nccn2n1. The van der Waals surface area contributed by atoms with Gasteiger partial charge < -0.3 is 15.2 Å². The fraction of sp³-hybridized carbons (Fsp3) is 0.500. The number of nitrogens with zero attached hydrogens (tertiary/aromatic N) is 4. The number of hydrogen-bond donors (Lipinski definition) is 1. The number of anilines is 1. The smallest absolute Gasteiger partial charge is 0.221 e. The van der Waals surface area contributed by atoms with Crippen molar-refractivity contribution in [2.45, 2.75) is 20.1 Å². The van der Waals surface area contributed by atoms with E-state index in [1.54, 1.807) is 16.9 Å². The van der Waals surface area contributed by atoms with Gasteiger partial charge in [0.2, 0.25) is 12.1 Å². The molecule has 0 unspecified atom stereocenters. The lowest BCUT2D eigenvalue weighted by Crippen LogP contribution is -2.15. The predicted octanol–water partition coefficient (Wildman–Crippen LogP) is 0.778. The van der Waals surface area contributed by atoms with Crippen molar-refractivity contribution in [2.24, 2.45) is 0 Å². The lowest BCUT2D eigenvalue weighted by molar-refractivity contribution is -0.145. The number of fused-ring (bicyclic) bond motifs is 1. The van der Waals surface area contributed by atoms with Crippen molar-refractivity contribution in [1.82, 2.24) is 19.6 Å². The number of imidazole rings is 1. The lowest BCUT2D eigenvalue weighted by Gasteiger charge is -2.15. The van der Waals surface area contributed by atoms with Crippen molar-refractivity contribution < 1.29 is 9.47 Å². The molecule has 92 valence electrons. The van der Waals surface area contributed by atoms with Crippen molar-refractivity contribution in [3.63, 3.8) is 0 Å². The Labute approximate surface area is 98.6 Å². The van der Waals surface area contributed by atoms with Crippen LogP contribution < -0.4 is 5.73 Å². The van der Waals surface area contributed by atoms with Crippen LogP contribution >= 0.6 is 0 Å². The summed E-state index contributed by atoms with van der Waals surface area (Å²) in [5.41, 5.74) is 6.31. The zero-order chi connectivity index (χ0) is 12.3. The Balaban J connectivity index is 2.38. The predicted molar refractivity (Wildman–Crippen MR) is 61.2 cm³/mol. The quantitative estimate of drug-likeness (QED) is 0.773. The van der Waals surface area contributed by atoms with Crippen molar-refractivity contribution >= 4 is 11.5 Å². The standard InChI is InChI=1S/C10H15N5O2/c1-3-16-10(17-4-2)8-13-7(11)9-12-5-6-15(9)14-8/h5-6,10H,3-4H2,1-2H3,(H2,11,13,14). The van der Waals surface area contributed by atoms with Gasteiger partial charge in [0.15, 0.2) is 11.5 Å². The maximum absolute atomic E-state index is 5.79. The fourth-order valence-electron chi connectivity index (χ4n) is 1.47. The molecule has 7 heteroatoms. The average molecular weight is 237 g/mol. The minimum absolute atomic E-state index is 0.310. The van der Waals surface area contributed by atoms with Gasteiger partial charge in [0.05, 0.1) is 0 Å². The molecular formula is C10H15N5O2. The van der Waals surface area contributed by atoms with E-state index in [0.29, 0.717) is 30.5 Å². The molecule has 2 aromatic rings. The number of aromatic nitrogens is 4. The van der Waals surface area contributed by atoms with Crippen LogP contribution in [0.1, 0.15) is 26.0 Å². The van der Waals surface area contributed by atoms with E-state index in [0.717, 1.165) is 0 Å². The topological polar surface area (TPSA) is 87.6 Å². The van der Waals surface area contributed by atoms with E-state index in [4.69, 9.17) is 15.2 Å². The summed E-state index contributed by atoms with van der Waals surface area (Å²) < 4.78 is 12.4. The molecule has 0 aromatic carbocycles. The summed E-state index contributed by atoms with van der Waals surface area (Å²) in [5, 5.41) is 4.25. The fourth-order valence-corrected chi connectivity index (χ4v) is 1.47. The Hall–Kier alpha value is -1.73. The first-order valence-electron chi connectivity index (χ1n) is 5.46. The molecule has 0 atom stereocenters.